The zero-order chi connectivity index (χ0) is 22.2. The minimum Gasteiger partial charge on any atom is -0.478 e. The highest BCUT2D eigenvalue weighted by molar-refractivity contribution is 6.24. The van der Waals surface area contributed by atoms with Gasteiger partial charge in [0.2, 0.25) is 11.8 Å². The van der Waals surface area contributed by atoms with Gasteiger partial charge in [0.05, 0.1) is 28.5 Å². The summed E-state index contributed by atoms with van der Waals surface area (Å²) in [4.78, 5) is 52.7. The number of imide groups is 1. The zero-order valence-electron chi connectivity index (χ0n) is 16.8. The van der Waals surface area contributed by atoms with Crippen LogP contribution < -0.4 is 4.90 Å². The Hall–Kier alpha value is -4.06. The second-order valence-electron chi connectivity index (χ2n) is 8.51. The number of carbonyl (C=O) groups excluding carboxylic acids is 3. The van der Waals surface area contributed by atoms with E-state index in [-0.39, 0.29) is 17.4 Å². The van der Waals surface area contributed by atoms with E-state index in [0.29, 0.717) is 5.69 Å². The van der Waals surface area contributed by atoms with Crippen molar-refractivity contribution < 1.29 is 24.3 Å². The predicted molar refractivity (Wildman–Crippen MR) is 114 cm³/mol. The van der Waals surface area contributed by atoms with E-state index >= 15 is 0 Å². The fraction of sp³-hybridized carbons (Fsp3) is 0.154. The second-order valence-corrected chi connectivity index (χ2v) is 8.51. The minimum atomic E-state index is -1.24. The maximum Gasteiger partial charge on any atom is 0.335 e. The molecule has 1 saturated heterocycles. The average molecular weight is 423 g/mol. The molecule has 3 aromatic rings. The Morgan fingerprint density at radius 1 is 0.844 bits per heavy atom. The molecular weight excluding hydrogens is 406 g/mol. The summed E-state index contributed by atoms with van der Waals surface area (Å²) >= 11 is 0. The van der Waals surface area contributed by atoms with Gasteiger partial charge in [-0.1, -0.05) is 48.5 Å². The van der Waals surface area contributed by atoms with Gasteiger partial charge in [0.25, 0.3) is 0 Å². The lowest BCUT2D eigenvalue weighted by Gasteiger charge is -2.51. The number of anilines is 1. The van der Waals surface area contributed by atoms with Gasteiger partial charge in [0.15, 0.2) is 0 Å². The number of hydrogen-bond donors (Lipinski definition) is 1. The van der Waals surface area contributed by atoms with E-state index in [0.717, 1.165) is 33.4 Å². The molecule has 1 heterocycles. The van der Waals surface area contributed by atoms with E-state index in [2.05, 4.69) is 0 Å². The third kappa shape index (κ3) is 2.04. The quantitative estimate of drug-likeness (QED) is 0.516. The molecular formula is C26H17NO5. The van der Waals surface area contributed by atoms with E-state index in [9.17, 15) is 24.3 Å². The molecule has 0 spiro atoms. The molecule has 156 valence electrons. The molecule has 0 unspecified atom stereocenters. The van der Waals surface area contributed by atoms with Crippen LogP contribution in [0.4, 0.5) is 5.69 Å². The van der Waals surface area contributed by atoms with Crippen molar-refractivity contribution in [1.82, 2.24) is 0 Å². The Labute approximate surface area is 183 Å². The van der Waals surface area contributed by atoms with E-state index in [1.165, 1.54) is 24.3 Å². The van der Waals surface area contributed by atoms with Gasteiger partial charge in [0, 0.05) is 5.92 Å². The molecule has 1 fully saturated rings. The topological polar surface area (TPSA) is 91.8 Å². The highest BCUT2D eigenvalue weighted by Gasteiger charge is 2.68. The van der Waals surface area contributed by atoms with E-state index in [1.807, 2.05) is 48.5 Å². The summed E-state index contributed by atoms with van der Waals surface area (Å²) in [6, 6.07) is 20.8. The largest absolute Gasteiger partial charge is 0.478 e. The summed E-state index contributed by atoms with van der Waals surface area (Å²) in [5.41, 5.74) is 2.51. The molecule has 0 radical (unpaired) electrons. The minimum absolute atomic E-state index is 0.0644. The average Bonchev–Trinajstić information content (AvgIpc) is 3.10. The van der Waals surface area contributed by atoms with Crippen LogP contribution in [0.2, 0.25) is 0 Å². The maximum absolute atomic E-state index is 13.8. The summed E-state index contributed by atoms with van der Waals surface area (Å²) in [6.45, 7) is 0. The molecule has 2 atom stereocenters. The number of aromatic carboxylic acids is 1. The van der Waals surface area contributed by atoms with Gasteiger partial charge >= 0.3 is 5.97 Å². The first kappa shape index (κ1) is 18.7. The van der Waals surface area contributed by atoms with Crippen LogP contribution in [-0.2, 0) is 19.8 Å². The number of carboxylic acid groups (broad SMARTS) is 1. The van der Waals surface area contributed by atoms with Crippen LogP contribution in [0.15, 0.2) is 72.8 Å². The van der Waals surface area contributed by atoms with Crippen molar-refractivity contribution in [2.75, 3.05) is 4.90 Å². The second kappa shape index (κ2) is 6.23. The molecule has 0 saturated carbocycles. The molecule has 2 amide bonds. The Morgan fingerprint density at radius 3 is 1.94 bits per heavy atom. The number of amides is 2. The Bertz CT molecular complexity index is 1290. The van der Waals surface area contributed by atoms with Crippen molar-refractivity contribution in [3.63, 3.8) is 0 Å². The zero-order valence-corrected chi connectivity index (χ0v) is 16.8. The van der Waals surface area contributed by atoms with Crippen molar-refractivity contribution >= 4 is 29.8 Å². The van der Waals surface area contributed by atoms with E-state index in [4.69, 9.17) is 0 Å². The smallest absolute Gasteiger partial charge is 0.335 e. The highest BCUT2D eigenvalue weighted by atomic mass is 16.4. The van der Waals surface area contributed by atoms with Gasteiger partial charge in [-0.25, -0.2) is 9.69 Å². The molecule has 1 aliphatic heterocycles. The molecule has 1 N–H and O–H groups in total. The Balaban J connectivity index is 1.58. The lowest BCUT2D eigenvalue weighted by molar-refractivity contribution is -0.128. The molecule has 4 aliphatic rings. The number of hydrogen-bond acceptors (Lipinski definition) is 4. The summed E-state index contributed by atoms with van der Waals surface area (Å²) in [6.07, 6.45) is 0.833. The van der Waals surface area contributed by atoms with Gasteiger partial charge < -0.3 is 9.90 Å². The fourth-order valence-electron chi connectivity index (χ4n) is 6.04. The molecule has 3 aromatic carbocycles. The first-order chi connectivity index (χ1) is 15.5. The fourth-order valence-corrected chi connectivity index (χ4v) is 6.04. The van der Waals surface area contributed by atoms with Crippen molar-refractivity contribution in [3.05, 3.63) is 101 Å². The molecule has 7 rings (SSSR count). The monoisotopic (exact) mass is 423 g/mol. The predicted octanol–water partition coefficient (Wildman–Crippen LogP) is 3.13. The summed E-state index contributed by atoms with van der Waals surface area (Å²) < 4.78 is 0. The van der Waals surface area contributed by atoms with Crippen LogP contribution in [0.5, 0.6) is 0 Å². The number of rotatable bonds is 3. The van der Waals surface area contributed by atoms with Crippen LogP contribution in [0.25, 0.3) is 0 Å². The number of benzene rings is 3. The van der Waals surface area contributed by atoms with Crippen LogP contribution in [0, 0.1) is 11.8 Å². The van der Waals surface area contributed by atoms with Crippen LogP contribution >= 0.6 is 0 Å². The number of aldehydes is 1. The molecule has 6 heteroatoms. The maximum atomic E-state index is 13.8. The van der Waals surface area contributed by atoms with Crippen LogP contribution in [0.3, 0.4) is 0 Å². The van der Waals surface area contributed by atoms with Crippen molar-refractivity contribution in [3.8, 4) is 0 Å². The molecule has 2 bridgehead atoms. The van der Waals surface area contributed by atoms with Crippen molar-refractivity contribution in [2.24, 2.45) is 11.8 Å². The Kier molecular flexibility index (Phi) is 3.64. The number of carboxylic acids is 1. The van der Waals surface area contributed by atoms with Crippen molar-refractivity contribution in [1.29, 1.82) is 0 Å². The number of nitrogens with zero attached hydrogens (tertiary/aromatic N) is 1. The third-order valence-corrected chi connectivity index (χ3v) is 7.24. The standard InChI is InChI=1S/C26H17NO5/c28-13-26-18-7-3-1-5-16(18)20(17-6-2-4-8-19(17)26)21-22(26)24(30)27(23(21)29)15-11-9-14(10-12-15)25(31)32/h1-13,20-22H,(H,31,32)/t20?,21-,22-,26?/m1/s1. The van der Waals surface area contributed by atoms with Gasteiger partial charge in [-0.3, -0.25) is 9.59 Å². The van der Waals surface area contributed by atoms with Crippen LogP contribution in [-0.4, -0.2) is 29.2 Å². The first-order valence-corrected chi connectivity index (χ1v) is 10.4. The Morgan fingerprint density at radius 2 is 1.41 bits per heavy atom. The van der Waals surface area contributed by atoms with Gasteiger partial charge in [0.1, 0.15) is 6.29 Å². The van der Waals surface area contributed by atoms with Gasteiger partial charge in [-0.05, 0) is 46.5 Å². The summed E-state index contributed by atoms with van der Waals surface area (Å²) in [7, 11) is 0. The SMILES string of the molecule is O=CC12c3ccccc3C(c3ccccc31)[C@H]1C(=O)N(c3ccc(C(=O)O)cc3)C(=O)[C@@H]12. The molecule has 0 aromatic heterocycles. The normalized spacial score (nSPS) is 27.0. The van der Waals surface area contributed by atoms with Gasteiger partial charge in [-0.15, -0.1) is 0 Å². The van der Waals surface area contributed by atoms with Gasteiger partial charge in [-0.2, -0.15) is 0 Å². The van der Waals surface area contributed by atoms with Crippen LogP contribution in [0.1, 0.15) is 38.5 Å². The van der Waals surface area contributed by atoms with Crippen molar-refractivity contribution in [2.45, 2.75) is 11.3 Å². The molecule has 32 heavy (non-hydrogen) atoms. The molecule has 3 aliphatic carbocycles. The van der Waals surface area contributed by atoms with E-state index < -0.39 is 29.1 Å². The summed E-state index contributed by atoms with van der Waals surface area (Å²) in [5.74, 6) is -3.74. The highest BCUT2D eigenvalue weighted by Crippen LogP contribution is 2.63. The molecule has 6 nitrogen and oxygen atoms in total. The lowest BCUT2D eigenvalue weighted by atomic mass is 9.48. The van der Waals surface area contributed by atoms with E-state index in [1.54, 1.807) is 0 Å². The first-order valence-electron chi connectivity index (χ1n) is 10.4. The number of carbonyl (C=O) groups is 4. The third-order valence-electron chi connectivity index (χ3n) is 7.24. The summed E-state index contributed by atoms with van der Waals surface area (Å²) in [5, 5.41) is 9.17. The lowest BCUT2D eigenvalue weighted by Crippen LogP contribution is -2.54.